The Bertz CT molecular complexity index is 1100. The zero-order valence-electron chi connectivity index (χ0n) is 17.5. The standard InChI is InChI=1S/C22H24ClFN6O/c1-13-9-20(29-28-13)27-19-11-16(25-14(2)26-19)10-15-5-4-8-30(12-15)22(31)17-6-3-7-18(24)21(17)23/h3,6-7,9,11,15H,4-5,8,10,12H2,1-2H3,(H2,25,26,27,28,29)/t15-/m0/s1. The van der Waals surface area contributed by atoms with Crippen LogP contribution in [0.15, 0.2) is 30.3 Å². The van der Waals surface area contributed by atoms with Crippen LogP contribution >= 0.6 is 11.6 Å². The van der Waals surface area contributed by atoms with E-state index in [-0.39, 0.29) is 22.4 Å². The van der Waals surface area contributed by atoms with Gasteiger partial charge < -0.3 is 10.2 Å². The quantitative estimate of drug-likeness (QED) is 0.609. The van der Waals surface area contributed by atoms with E-state index in [1.807, 2.05) is 26.0 Å². The minimum atomic E-state index is -0.579. The molecule has 1 fully saturated rings. The van der Waals surface area contributed by atoms with Gasteiger partial charge in [-0.25, -0.2) is 14.4 Å². The Kier molecular flexibility index (Phi) is 6.18. The third-order valence-corrected chi connectivity index (χ3v) is 5.72. The molecule has 0 unspecified atom stereocenters. The van der Waals surface area contributed by atoms with Gasteiger partial charge in [-0.15, -0.1) is 0 Å². The van der Waals surface area contributed by atoms with Crippen molar-refractivity contribution < 1.29 is 9.18 Å². The van der Waals surface area contributed by atoms with Gasteiger partial charge in [-0.05, 0) is 51.2 Å². The molecule has 1 atom stereocenters. The van der Waals surface area contributed by atoms with Gasteiger partial charge in [0, 0.05) is 36.6 Å². The van der Waals surface area contributed by atoms with E-state index in [2.05, 4.69) is 25.5 Å². The summed E-state index contributed by atoms with van der Waals surface area (Å²) in [5.41, 5.74) is 2.07. The lowest BCUT2D eigenvalue weighted by molar-refractivity contribution is 0.0672. The van der Waals surface area contributed by atoms with Gasteiger partial charge in [0.1, 0.15) is 17.5 Å². The van der Waals surface area contributed by atoms with E-state index in [0.717, 1.165) is 30.7 Å². The third-order valence-electron chi connectivity index (χ3n) is 5.34. The van der Waals surface area contributed by atoms with Crippen molar-refractivity contribution in [2.75, 3.05) is 18.4 Å². The van der Waals surface area contributed by atoms with Crippen LogP contribution in [0.3, 0.4) is 0 Å². The van der Waals surface area contributed by atoms with Gasteiger partial charge in [-0.1, -0.05) is 17.7 Å². The van der Waals surface area contributed by atoms with E-state index >= 15 is 0 Å². The van der Waals surface area contributed by atoms with Crippen LogP contribution in [-0.2, 0) is 6.42 Å². The summed E-state index contributed by atoms with van der Waals surface area (Å²) in [6.45, 7) is 5.00. The number of amides is 1. The van der Waals surface area contributed by atoms with Gasteiger partial charge in [-0.3, -0.25) is 9.89 Å². The minimum absolute atomic E-state index is 0.120. The van der Waals surface area contributed by atoms with Gasteiger partial charge in [0.15, 0.2) is 5.82 Å². The summed E-state index contributed by atoms with van der Waals surface area (Å²) in [4.78, 5) is 23.7. The predicted octanol–water partition coefficient (Wildman–Crippen LogP) is 4.45. The number of hydrogen-bond acceptors (Lipinski definition) is 5. The first-order valence-electron chi connectivity index (χ1n) is 10.3. The van der Waals surface area contributed by atoms with E-state index < -0.39 is 5.82 Å². The molecular formula is C22H24ClFN6O. The summed E-state index contributed by atoms with van der Waals surface area (Å²) in [6, 6.07) is 8.15. The molecule has 7 nitrogen and oxygen atoms in total. The van der Waals surface area contributed by atoms with Gasteiger partial charge in [0.05, 0.1) is 10.6 Å². The van der Waals surface area contributed by atoms with Crippen LogP contribution in [-0.4, -0.2) is 44.1 Å². The molecule has 162 valence electrons. The lowest BCUT2D eigenvalue weighted by Gasteiger charge is -2.33. The fourth-order valence-electron chi connectivity index (χ4n) is 3.96. The van der Waals surface area contributed by atoms with Crippen molar-refractivity contribution in [1.29, 1.82) is 0 Å². The fraction of sp³-hybridized carbons (Fsp3) is 0.364. The molecule has 0 aliphatic carbocycles. The van der Waals surface area contributed by atoms with Gasteiger partial charge in [-0.2, -0.15) is 5.10 Å². The molecule has 0 saturated carbocycles. The van der Waals surface area contributed by atoms with E-state index in [1.54, 1.807) is 11.0 Å². The van der Waals surface area contributed by atoms with Gasteiger partial charge in [0.25, 0.3) is 5.91 Å². The van der Waals surface area contributed by atoms with Crippen LogP contribution in [0, 0.1) is 25.6 Å². The number of likely N-dealkylation sites (tertiary alicyclic amines) is 1. The predicted molar refractivity (Wildman–Crippen MR) is 117 cm³/mol. The zero-order valence-corrected chi connectivity index (χ0v) is 18.2. The highest BCUT2D eigenvalue weighted by molar-refractivity contribution is 6.34. The number of nitrogens with one attached hydrogen (secondary N) is 2. The van der Waals surface area contributed by atoms with Crippen molar-refractivity contribution in [2.45, 2.75) is 33.1 Å². The first-order chi connectivity index (χ1) is 14.9. The maximum Gasteiger partial charge on any atom is 0.255 e. The molecule has 1 aliphatic heterocycles. The number of H-pyrrole nitrogens is 1. The summed E-state index contributed by atoms with van der Waals surface area (Å²) in [5.74, 6) is 1.49. The minimum Gasteiger partial charge on any atom is -0.338 e. The molecule has 9 heteroatoms. The SMILES string of the molecule is Cc1nc(C[C@@H]2CCCN(C(=O)c3cccc(F)c3Cl)C2)cc(Nc2cc(C)[nH]n2)n1. The number of aryl methyl sites for hydroxylation is 2. The second kappa shape index (κ2) is 9.01. The number of hydrogen-bond donors (Lipinski definition) is 2. The molecular weight excluding hydrogens is 419 g/mol. The average Bonchev–Trinajstić information content (AvgIpc) is 3.14. The summed E-state index contributed by atoms with van der Waals surface area (Å²) in [5, 5.41) is 10.1. The molecule has 2 aromatic heterocycles. The average molecular weight is 443 g/mol. The van der Waals surface area contributed by atoms with Crippen LogP contribution in [0.25, 0.3) is 0 Å². The Hall–Kier alpha value is -3.00. The molecule has 1 aliphatic rings. The molecule has 1 saturated heterocycles. The second-order valence-electron chi connectivity index (χ2n) is 7.92. The Morgan fingerprint density at radius 1 is 1.29 bits per heavy atom. The van der Waals surface area contributed by atoms with Crippen molar-refractivity contribution >= 4 is 29.1 Å². The largest absolute Gasteiger partial charge is 0.338 e. The number of aromatic amines is 1. The Morgan fingerprint density at radius 3 is 2.90 bits per heavy atom. The lowest BCUT2D eigenvalue weighted by atomic mass is 9.92. The number of halogens is 2. The number of carbonyl (C=O) groups excluding carboxylic acids is 1. The molecule has 0 spiro atoms. The van der Waals surface area contributed by atoms with Crippen LogP contribution in [0.5, 0.6) is 0 Å². The highest BCUT2D eigenvalue weighted by Crippen LogP contribution is 2.26. The molecule has 1 aromatic carbocycles. The second-order valence-corrected chi connectivity index (χ2v) is 8.30. The summed E-state index contributed by atoms with van der Waals surface area (Å²) in [6.07, 6.45) is 2.59. The molecule has 3 heterocycles. The topological polar surface area (TPSA) is 86.8 Å². The van der Waals surface area contributed by atoms with Crippen LogP contribution in [0.1, 0.15) is 40.4 Å². The van der Waals surface area contributed by atoms with Crippen molar-refractivity contribution in [3.8, 4) is 0 Å². The van der Waals surface area contributed by atoms with Crippen LogP contribution < -0.4 is 5.32 Å². The van der Waals surface area contributed by atoms with Crippen LogP contribution in [0.4, 0.5) is 16.0 Å². The van der Waals surface area contributed by atoms with Gasteiger partial charge in [0.2, 0.25) is 0 Å². The first kappa shape index (κ1) is 21.2. The highest BCUT2D eigenvalue weighted by Gasteiger charge is 2.27. The van der Waals surface area contributed by atoms with E-state index in [4.69, 9.17) is 11.6 Å². The Labute approximate surface area is 185 Å². The number of benzene rings is 1. The molecule has 4 rings (SSSR count). The zero-order chi connectivity index (χ0) is 22.0. The number of aromatic nitrogens is 4. The van der Waals surface area contributed by atoms with Crippen molar-refractivity contribution in [2.24, 2.45) is 5.92 Å². The first-order valence-corrected chi connectivity index (χ1v) is 10.6. The maximum atomic E-state index is 13.8. The molecule has 0 bridgehead atoms. The molecule has 3 aromatic rings. The molecule has 1 amide bonds. The Morgan fingerprint density at radius 2 is 2.13 bits per heavy atom. The third kappa shape index (κ3) is 5.02. The van der Waals surface area contributed by atoms with Crippen LogP contribution in [0.2, 0.25) is 5.02 Å². The lowest BCUT2D eigenvalue weighted by Crippen LogP contribution is -2.40. The smallest absolute Gasteiger partial charge is 0.255 e. The normalized spacial score (nSPS) is 16.4. The summed E-state index contributed by atoms with van der Waals surface area (Å²) in [7, 11) is 0. The Balaban J connectivity index is 1.45. The maximum absolute atomic E-state index is 13.8. The molecule has 0 radical (unpaired) electrons. The summed E-state index contributed by atoms with van der Waals surface area (Å²) >= 11 is 6.02. The number of rotatable bonds is 5. The number of nitrogens with zero attached hydrogens (tertiary/aromatic N) is 4. The van der Waals surface area contributed by atoms with Gasteiger partial charge >= 0.3 is 0 Å². The van der Waals surface area contributed by atoms with Crippen molar-refractivity contribution in [3.63, 3.8) is 0 Å². The van der Waals surface area contributed by atoms with E-state index in [0.29, 0.717) is 30.5 Å². The fourth-order valence-corrected chi connectivity index (χ4v) is 4.17. The van der Waals surface area contributed by atoms with Crippen molar-refractivity contribution in [1.82, 2.24) is 25.1 Å². The molecule has 2 N–H and O–H groups in total. The monoisotopic (exact) mass is 442 g/mol. The number of piperidine rings is 1. The number of carbonyl (C=O) groups is 1. The van der Waals surface area contributed by atoms with Crippen molar-refractivity contribution in [3.05, 3.63) is 63.9 Å². The van der Waals surface area contributed by atoms with E-state index in [1.165, 1.54) is 12.1 Å². The van der Waals surface area contributed by atoms with E-state index in [9.17, 15) is 9.18 Å². The molecule has 31 heavy (non-hydrogen) atoms. The number of anilines is 2. The highest BCUT2D eigenvalue weighted by atomic mass is 35.5. The summed E-state index contributed by atoms with van der Waals surface area (Å²) < 4.78 is 13.8.